The monoisotopic (exact) mass is 590 g/mol. The quantitative estimate of drug-likeness (QED) is 0.502. The van der Waals surface area contributed by atoms with Crippen LogP contribution in [0.15, 0.2) is 42.7 Å². The molecular weight excluding hydrogens is 548 g/mol. The van der Waals surface area contributed by atoms with Gasteiger partial charge in [-0.05, 0) is 63.4 Å². The lowest BCUT2D eigenvalue weighted by Gasteiger charge is -2.35. The molecule has 2 N–H and O–H groups in total. The first-order valence-corrected chi connectivity index (χ1v) is 15.7. The largest absolute Gasteiger partial charge is 0.490 e. The number of hydrogen-bond donors (Lipinski definition) is 2. The number of aromatic nitrogens is 1. The van der Waals surface area contributed by atoms with Crippen molar-refractivity contribution in [2.75, 3.05) is 44.9 Å². The SMILES string of the molecule is C[C@@H]1CCCCO[C@@H](CN(C)S(C)(=O)=O)[C@H](C)CN([C@@H](C)CO)C(=O)c2cc(NC(=O)c3ccncc3)ccc2O1. The van der Waals surface area contributed by atoms with Gasteiger partial charge in [0.25, 0.3) is 11.8 Å². The Labute approximate surface area is 242 Å². The summed E-state index contributed by atoms with van der Waals surface area (Å²) in [5.41, 5.74) is 1.09. The molecule has 3 rings (SSSR count). The molecule has 2 aromatic rings. The Bertz CT molecular complexity index is 1280. The molecule has 12 heteroatoms. The number of pyridine rings is 1. The number of nitrogens with zero attached hydrogens (tertiary/aromatic N) is 3. The molecule has 1 aliphatic rings. The second kappa shape index (κ2) is 14.7. The molecule has 0 saturated heterocycles. The lowest BCUT2D eigenvalue weighted by Crippen LogP contribution is -2.47. The smallest absolute Gasteiger partial charge is 0.258 e. The van der Waals surface area contributed by atoms with Gasteiger partial charge in [0.15, 0.2) is 0 Å². The molecular formula is C29H42N4O7S. The second-order valence-electron chi connectivity index (χ2n) is 10.7. The predicted molar refractivity (Wildman–Crippen MR) is 157 cm³/mol. The van der Waals surface area contributed by atoms with Crippen LogP contribution in [0, 0.1) is 5.92 Å². The number of anilines is 1. The third-order valence-electron chi connectivity index (χ3n) is 7.26. The highest BCUT2D eigenvalue weighted by molar-refractivity contribution is 7.88. The summed E-state index contributed by atoms with van der Waals surface area (Å²) >= 11 is 0. The van der Waals surface area contributed by atoms with Crippen LogP contribution in [0.25, 0.3) is 0 Å². The number of hydrogen-bond acceptors (Lipinski definition) is 8. The Kier molecular flexibility index (Phi) is 11.6. The minimum Gasteiger partial charge on any atom is -0.490 e. The maximum atomic E-state index is 14.1. The normalized spacial score (nSPS) is 21.9. The molecule has 0 saturated carbocycles. The standard InChI is InChI=1S/C29H42N4O7S/c1-20-17-33(21(2)19-34)29(36)25-16-24(31-28(35)23-11-13-30-14-12-23)9-10-26(25)40-22(3)8-6-7-15-39-27(20)18-32(4)41(5,37)38/h9-14,16,20-22,27,34H,6-8,15,17-19H2,1-5H3,(H,31,35)/t20-,21+,22-,27+/m1/s1. The van der Waals surface area contributed by atoms with Crippen LogP contribution in [0.4, 0.5) is 5.69 Å². The third kappa shape index (κ3) is 9.22. The van der Waals surface area contributed by atoms with Crippen molar-refractivity contribution < 1.29 is 32.6 Å². The van der Waals surface area contributed by atoms with Crippen molar-refractivity contribution in [1.82, 2.24) is 14.2 Å². The molecule has 0 radical (unpaired) electrons. The Morgan fingerprint density at radius 1 is 1.22 bits per heavy atom. The number of amides is 2. The fraction of sp³-hybridized carbons (Fsp3) is 0.552. The first-order chi connectivity index (χ1) is 19.4. The van der Waals surface area contributed by atoms with E-state index in [1.165, 1.54) is 23.7 Å². The fourth-order valence-corrected chi connectivity index (χ4v) is 4.98. The first kappa shape index (κ1) is 32.5. The van der Waals surface area contributed by atoms with Crippen LogP contribution in [-0.2, 0) is 14.8 Å². The maximum Gasteiger partial charge on any atom is 0.258 e. The molecule has 1 aromatic carbocycles. The molecule has 2 amide bonds. The van der Waals surface area contributed by atoms with Gasteiger partial charge in [-0.2, -0.15) is 0 Å². The molecule has 1 aliphatic heterocycles. The van der Waals surface area contributed by atoms with E-state index < -0.39 is 22.2 Å². The summed E-state index contributed by atoms with van der Waals surface area (Å²) in [4.78, 5) is 32.4. The summed E-state index contributed by atoms with van der Waals surface area (Å²) in [5.74, 6) is -0.612. The molecule has 0 aliphatic carbocycles. The number of fused-ring (bicyclic) bond motifs is 1. The molecule has 0 fully saturated rings. The van der Waals surface area contributed by atoms with Gasteiger partial charge in [-0.15, -0.1) is 0 Å². The van der Waals surface area contributed by atoms with E-state index in [0.717, 1.165) is 25.5 Å². The van der Waals surface area contributed by atoms with Gasteiger partial charge in [0.05, 0.1) is 36.7 Å². The lowest BCUT2D eigenvalue weighted by atomic mass is 10.0. The van der Waals surface area contributed by atoms with Crippen molar-refractivity contribution in [2.45, 2.75) is 58.3 Å². The predicted octanol–water partition coefficient (Wildman–Crippen LogP) is 3.02. The summed E-state index contributed by atoms with van der Waals surface area (Å²) in [5, 5.41) is 12.9. The van der Waals surface area contributed by atoms with Crippen molar-refractivity contribution in [3.63, 3.8) is 0 Å². The molecule has 0 spiro atoms. The van der Waals surface area contributed by atoms with Crippen molar-refractivity contribution in [1.29, 1.82) is 0 Å². The average Bonchev–Trinajstić information content (AvgIpc) is 2.94. The zero-order valence-electron chi connectivity index (χ0n) is 24.4. The topological polar surface area (TPSA) is 138 Å². The molecule has 41 heavy (non-hydrogen) atoms. The number of ether oxygens (including phenoxy) is 2. The van der Waals surface area contributed by atoms with Crippen molar-refractivity contribution in [2.24, 2.45) is 5.92 Å². The van der Waals surface area contributed by atoms with Gasteiger partial charge in [-0.3, -0.25) is 14.6 Å². The number of aliphatic hydroxyl groups is 1. The van der Waals surface area contributed by atoms with E-state index in [0.29, 0.717) is 23.6 Å². The number of nitrogens with one attached hydrogen (secondary N) is 1. The highest BCUT2D eigenvalue weighted by Crippen LogP contribution is 2.29. The maximum absolute atomic E-state index is 14.1. The number of rotatable bonds is 7. The zero-order chi connectivity index (χ0) is 30.2. The molecule has 1 aromatic heterocycles. The Hall–Kier alpha value is -3.06. The van der Waals surface area contributed by atoms with E-state index in [2.05, 4.69) is 10.3 Å². The third-order valence-corrected chi connectivity index (χ3v) is 8.54. The van der Waals surface area contributed by atoms with Crippen LogP contribution in [-0.4, -0.2) is 97.4 Å². The van der Waals surface area contributed by atoms with Gasteiger partial charge >= 0.3 is 0 Å². The highest BCUT2D eigenvalue weighted by Gasteiger charge is 2.31. The van der Waals surface area contributed by atoms with Crippen LogP contribution in [0.2, 0.25) is 0 Å². The van der Waals surface area contributed by atoms with Gasteiger partial charge in [-0.1, -0.05) is 6.92 Å². The van der Waals surface area contributed by atoms with Crippen molar-refractivity contribution in [3.05, 3.63) is 53.9 Å². The minimum absolute atomic E-state index is 0.136. The van der Waals surface area contributed by atoms with Gasteiger partial charge in [0.1, 0.15) is 5.75 Å². The van der Waals surface area contributed by atoms with Crippen LogP contribution >= 0.6 is 0 Å². The fourth-order valence-electron chi connectivity index (χ4n) is 4.56. The molecule has 2 heterocycles. The summed E-state index contributed by atoms with van der Waals surface area (Å²) < 4.78 is 37.9. The van der Waals surface area contributed by atoms with Crippen molar-refractivity contribution in [3.8, 4) is 5.75 Å². The number of benzene rings is 1. The Morgan fingerprint density at radius 3 is 2.59 bits per heavy atom. The van der Waals surface area contributed by atoms with Gasteiger partial charge < -0.3 is 24.8 Å². The Balaban J connectivity index is 1.99. The zero-order valence-corrected chi connectivity index (χ0v) is 25.3. The summed E-state index contributed by atoms with van der Waals surface area (Å²) in [6.45, 7) is 6.08. The number of carbonyl (C=O) groups is 2. The average molecular weight is 591 g/mol. The molecule has 11 nitrogen and oxygen atoms in total. The van der Waals surface area contributed by atoms with E-state index in [1.807, 2.05) is 13.8 Å². The summed E-state index contributed by atoms with van der Waals surface area (Å²) in [7, 11) is -1.93. The van der Waals surface area contributed by atoms with Gasteiger partial charge in [0.2, 0.25) is 10.0 Å². The second-order valence-corrected chi connectivity index (χ2v) is 12.8. The van der Waals surface area contributed by atoms with E-state index in [4.69, 9.17) is 9.47 Å². The number of sulfonamides is 1. The first-order valence-electron chi connectivity index (χ1n) is 13.9. The van der Waals surface area contributed by atoms with Gasteiger partial charge in [0, 0.05) is 56.3 Å². The molecule has 0 unspecified atom stereocenters. The highest BCUT2D eigenvalue weighted by atomic mass is 32.2. The van der Waals surface area contributed by atoms with E-state index >= 15 is 0 Å². The minimum atomic E-state index is -3.44. The van der Waals surface area contributed by atoms with Crippen LogP contribution in [0.5, 0.6) is 5.75 Å². The molecule has 0 bridgehead atoms. The molecule has 226 valence electrons. The van der Waals surface area contributed by atoms with Crippen molar-refractivity contribution >= 4 is 27.5 Å². The van der Waals surface area contributed by atoms with Crippen LogP contribution < -0.4 is 10.1 Å². The van der Waals surface area contributed by atoms with E-state index in [9.17, 15) is 23.1 Å². The number of aliphatic hydroxyl groups excluding tert-OH is 1. The number of likely N-dealkylation sites (N-methyl/N-ethyl adjacent to an activating group) is 1. The lowest BCUT2D eigenvalue weighted by molar-refractivity contribution is -0.00828. The Morgan fingerprint density at radius 2 is 1.93 bits per heavy atom. The number of carbonyl (C=O) groups excluding carboxylic acids is 2. The molecule has 4 atom stereocenters. The van der Waals surface area contributed by atoms with Crippen LogP contribution in [0.3, 0.4) is 0 Å². The summed E-state index contributed by atoms with van der Waals surface area (Å²) in [6.07, 6.45) is 5.83. The van der Waals surface area contributed by atoms with E-state index in [-0.39, 0.29) is 49.1 Å². The van der Waals surface area contributed by atoms with E-state index in [1.54, 1.807) is 42.2 Å². The van der Waals surface area contributed by atoms with Crippen LogP contribution in [0.1, 0.15) is 60.7 Å². The van der Waals surface area contributed by atoms with Gasteiger partial charge in [-0.25, -0.2) is 12.7 Å². The summed E-state index contributed by atoms with van der Waals surface area (Å²) in [6, 6.07) is 7.59.